The minimum Gasteiger partial charge on any atom is -0.491 e. The number of rotatable bonds is 5. The first-order chi connectivity index (χ1) is 7.08. The first-order valence-electron chi connectivity index (χ1n) is 5.25. The van der Waals surface area contributed by atoms with Gasteiger partial charge in [-0.1, -0.05) is 6.07 Å². The molecule has 1 aromatic carbocycles. The van der Waals surface area contributed by atoms with Gasteiger partial charge in [-0.2, -0.15) is 0 Å². The molecule has 0 aromatic heterocycles. The second kappa shape index (κ2) is 5.61. The molecule has 0 saturated heterocycles. The standard InChI is InChI=1S/C12H20N2O/c1-10(7-8-14(2)3)15-12-6-4-5-11(13)9-12/h4-6,9-10H,7-8,13H2,1-3H3. The van der Waals surface area contributed by atoms with Gasteiger partial charge in [0, 0.05) is 18.3 Å². The molecule has 0 bridgehead atoms. The Balaban J connectivity index is 2.40. The zero-order chi connectivity index (χ0) is 11.3. The summed E-state index contributed by atoms with van der Waals surface area (Å²) in [6.07, 6.45) is 1.23. The molecule has 0 aliphatic carbocycles. The summed E-state index contributed by atoms with van der Waals surface area (Å²) in [5, 5.41) is 0. The van der Waals surface area contributed by atoms with Crippen LogP contribution in [-0.4, -0.2) is 31.6 Å². The quantitative estimate of drug-likeness (QED) is 0.752. The first-order valence-corrected chi connectivity index (χ1v) is 5.25. The number of ether oxygens (including phenoxy) is 1. The molecule has 3 heteroatoms. The number of hydrogen-bond acceptors (Lipinski definition) is 3. The molecule has 1 aromatic rings. The number of nitrogen functional groups attached to an aromatic ring is 1. The van der Waals surface area contributed by atoms with Crippen LogP contribution in [0.1, 0.15) is 13.3 Å². The molecule has 1 unspecified atom stereocenters. The van der Waals surface area contributed by atoms with Gasteiger partial charge in [0.25, 0.3) is 0 Å². The van der Waals surface area contributed by atoms with Gasteiger partial charge in [0.05, 0.1) is 6.10 Å². The molecule has 3 nitrogen and oxygen atoms in total. The van der Waals surface area contributed by atoms with Crippen LogP contribution in [-0.2, 0) is 0 Å². The van der Waals surface area contributed by atoms with E-state index in [-0.39, 0.29) is 6.10 Å². The molecule has 0 saturated carbocycles. The lowest BCUT2D eigenvalue weighted by molar-refractivity contribution is 0.194. The third kappa shape index (κ3) is 4.70. The zero-order valence-corrected chi connectivity index (χ0v) is 9.73. The van der Waals surface area contributed by atoms with Gasteiger partial charge in [0.1, 0.15) is 5.75 Å². The third-order valence-electron chi connectivity index (χ3n) is 2.18. The van der Waals surface area contributed by atoms with Gasteiger partial charge in [-0.05, 0) is 39.6 Å². The van der Waals surface area contributed by atoms with E-state index < -0.39 is 0 Å². The molecule has 15 heavy (non-hydrogen) atoms. The Labute approximate surface area is 91.8 Å². The van der Waals surface area contributed by atoms with E-state index in [1.54, 1.807) is 0 Å². The summed E-state index contributed by atoms with van der Waals surface area (Å²) < 4.78 is 5.74. The SMILES string of the molecule is CC(CCN(C)C)Oc1cccc(N)c1. The Bertz CT molecular complexity index is 299. The normalized spacial score (nSPS) is 12.8. The van der Waals surface area contributed by atoms with E-state index in [1.165, 1.54) is 0 Å². The van der Waals surface area contributed by atoms with E-state index in [9.17, 15) is 0 Å². The minimum atomic E-state index is 0.217. The monoisotopic (exact) mass is 208 g/mol. The van der Waals surface area contributed by atoms with E-state index in [4.69, 9.17) is 10.5 Å². The van der Waals surface area contributed by atoms with Crippen molar-refractivity contribution in [3.8, 4) is 5.75 Å². The number of nitrogens with zero attached hydrogens (tertiary/aromatic N) is 1. The fourth-order valence-corrected chi connectivity index (χ4v) is 1.32. The maximum absolute atomic E-state index is 5.74. The average molecular weight is 208 g/mol. The molecule has 0 spiro atoms. The van der Waals surface area contributed by atoms with Crippen LogP contribution in [0.15, 0.2) is 24.3 Å². The number of hydrogen-bond donors (Lipinski definition) is 1. The number of benzene rings is 1. The molecule has 0 radical (unpaired) electrons. The highest BCUT2D eigenvalue weighted by Crippen LogP contribution is 2.16. The molecular formula is C12H20N2O. The fourth-order valence-electron chi connectivity index (χ4n) is 1.32. The van der Waals surface area contributed by atoms with Crippen LogP contribution < -0.4 is 10.5 Å². The lowest BCUT2D eigenvalue weighted by atomic mass is 10.2. The van der Waals surface area contributed by atoms with Crippen molar-refractivity contribution in [1.29, 1.82) is 0 Å². The summed E-state index contributed by atoms with van der Waals surface area (Å²) in [5.74, 6) is 0.848. The van der Waals surface area contributed by atoms with Crippen molar-refractivity contribution in [2.24, 2.45) is 0 Å². The van der Waals surface area contributed by atoms with Crippen molar-refractivity contribution < 1.29 is 4.74 Å². The van der Waals surface area contributed by atoms with Crippen LogP contribution in [0.5, 0.6) is 5.75 Å². The highest BCUT2D eigenvalue weighted by molar-refractivity contribution is 5.43. The summed E-state index contributed by atoms with van der Waals surface area (Å²) in [6.45, 7) is 3.11. The van der Waals surface area contributed by atoms with Gasteiger partial charge in [-0.15, -0.1) is 0 Å². The van der Waals surface area contributed by atoms with Crippen LogP contribution in [0.3, 0.4) is 0 Å². The summed E-state index contributed by atoms with van der Waals surface area (Å²) in [5.41, 5.74) is 6.41. The largest absolute Gasteiger partial charge is 0.491 e. The van der Waals surface area contributed by atoms with E-state index in [1.807, 2.05) is 24.3 Å². The van der Waals surface area contributed by atoms with Gasteiger partial charge >= 0.3 is 0 Å². The Morgan fingerprint density at radius 1 is 1.40 bits per heavy atom. The molecular weight excluding hydrogens is 188 g/mol. The van der Waals surface area contributed by atoms with Crippen LogP contribution in [0.2, 0.25) is 0 Å². The summed E-state index contributed by atoms with van der Waals surface area (Å²) in [7, 11) is 4.13. The Morgan fingerprint density at radius 3 is 2.73 bits per heavy atom. The second-order valence-corrected chi connectivity index (χ2v) is 4.09. The molecule has 0 heterocycles. The van der Waals surface area contributed by atoms with E-state index in [2.05, 4.69) is 25.9 Å². The highest BCUT2D eigenvalue weighted by atomic mass is 16.5. The van der Waals surface area contributed by atoms with Crippen molar-refractivity contribution in [3.05, 3.63) is 24.3 Å². The molecule has 0 aliphatic rings. The molecule has 2 N–H and O–H groups in total. The predicted octanol–water partition coefficient (Wildman–Crippen LogP) is 1.99. The third-order valence-corrected chi connectivity index (χ3v) is 2.18. The van der Waals surface area contributed by atoms with Crippen molar-refractivity contribution >= 4 is 5.69 Å². The smallest absolute Gasteiger partial charge is 0.121 e. The molecule has 84 valence electrons. The molecule has 0 aliphatic heterocycles. The van der Waals surface area contributed by atoms with Crippen molar-refractivity contribution in [3.63, 3.8) is 0 Å². The van der Waals surface area contributed by atoms with Crippen molar-refractivity contribution in [2.45, 2.75) is 19.4 Å². The Morgan fingerprint density at radius 2 is 2.13 bits per heavy atom. The molecule has 1 atom stereocenters. The van der Waals surface area contributed by atoms with Gasteiger partial charge in [-0.3, -0.25) is 0 Å². The minimum absolute atomic E-state index is 0.217. The van der Waals surface area contributed by atoms with Gasteiger partial charge in [0.15, 0.2) is 0 Å². The van der Waals surface area contributed by atoms with Crippen LogP contribution in [0, 0.1) is 0 Å². The van der Waals surface area contributed by atoms with Gasteiger partial charge < -0.3 is 15.4 Å². The van der Waals surface area contributed by atoms with Gasteiger partial charge in [0.2, 0.25) is 0 Å². The summed E-state index contributed by atoms with van der Waals surface area (Å²) in [6, 6.07) is 7.55. The summed E-state index contributed by atoms with van der Waals surface area (Å²) in [4.78, 5) is 2.15. The van der Waals surface area contributed by atoms with Crippen LogP contribution >= 0.6 is 0 Å². The van der Waals surface area contributed by atoms with Gasteiger partial charge in [-0.25, -0.2) is 0 Å². The van der Waals surface area contributed by atoms with Crippen LogP contribution in [0.25, 0.3) is 0 Å². The molecule has 0 fully saturated rings. The van der Waals surface area contributed by atoms with E-state index >= 15 is 0 Å². The van der Waals surface area contributed by atoms with E-state index in [0.29, 0.717) is 0 Å². The average Bonchev–Trinajstić information content (AvgIpc) is 2.15. The fraction of sp³-hybridized carbons (Fsp3) is 0.500. The Kier molecular flexibility index (Phi) is 4.43. The van der Waals surface area contributed by atoms with Crippen LogP contribution in [0.4, 0.5) is 5.69 Å². The van der Waals surface area contributed by atoms with E-state index in [0.717, 1.165) is 24.4 Å². The zero-order valence-electron chi connectivity index (χ0n) is 9.73. The topological polar surface area (TPSA) is 38.5 Å². The maximum atomic E-state index is 5.74. The lowest BCUT2D eigenvalue weighted by Gasteiger charge is -2.17. The highest BCUT2D eigenvalue weighted by Gasteiger charge is 2.04. The Hall–Kier alpha value is -1.22. The molecule has 0 amide bonds. The number of nitrogens with two attached hydrogens (primary N) is 1. The second-order valence-electron chi connectivity index (χ2n) is 4.09. The first kappa shape index (κ1) is 11.9. The maximum Gasteiger partial charge on any atom is 0.121 e. The predicted molar refractivity (Wildman–Crippen MR) is 64.1 cm³/mol. The lowest BCUT2D eigenvalue weighted by Crippen LogP contribution is -2.21. The van der Waals surface area contributed by atoms with Crippen molar-refractivity contribution in [2.75, 3.05) is 26.4 Å². The molecule has 1 rings (SSSR count). The van der Waals surface area contributed by atoms with Crippen molar-refractivity contribution in [1.82, 2.24) is 4.90 Å². The summed E-state index contributed by atoms with van der Waals surface area (Å²) >= 11 is 0. The number of anilines is 1.